The number of nitrogens with zero attached hydrogens (tertiary/aromatic N) is 4. The van der Waals surface area contributed by atoms with E-state index in [2.05, 4.69) is 9.88 Å². The van der Waals surface area contributed by atoms with E-state index >= 15 is 0 Å². The van der Waals surface area contributed by atoms with Crippen molar-refractivity contribution in [2.75, 3.05) is 33.3 Å². The normalized spacial score (nSPS) is 15.4. The Morgan fingerprint density at radius 2 is 1.96 bits per heavy atom. The summed E-state index contributed by atoms with van der Waals surface area (Å²) in [6, 6.07) is 5.36. The SMILES string of the molecule is COc1cc(C(=O)N2CCCN(Cc3cc(C(C)=O)cn3C)CC2)ccn1. The highest BCUT2D eigenvalue weighted by Crippen LogP contribution is 2.15. The van der Waals surface area contributed by atoms with Crippen LogP contribution in [0.4, 0.5) is 0 Å². The molecule has 0 unspecified atom stereocenters. The molecule has 1 amide bonds. The molecular weight excluding hydrogens is 344 g/mol. The van der Waals surface area contributed by atoms with Gasteiger partial charge in [0.1, 0.15) is 0 Å². The zero-order valence-corrected chi connectivity index (χ0v) is 16.1. The van der Waals surface area contributed by atoms with Gasteiger partial charge in [0.2, 0.25) is 5.88 Å². The largest absolute Gasteiger partial charge is 0.481 e. The monoisotopic (exact) mass is 370 g/mol. The highest BCUT2D eigenvalue weighted by molar-refractivity contribution is 5.94. The molecule has 0 bridgehead atoms. The molecule has 7 nitrogen and oxygen atoms in total. The van der Waals surface area contributed by atoms with Crippen LogP contribution < -0.4 is 4.74 Å². The van der Waals surface area contributed by atoms with Gasteiger partial charge in [-0.05, 0) is 25.5 Å². The van der Waals surface area contributed by atoms with Crippen LogP contribution in [0.2, 0.25) is 0 Å². The number of amides is 1. The lowest BCUT2D eigenvalue weighted by atomic mass is 10.2. The summed E-state index contributed by atoms with van der Waals surface area (Å²) < 4.78 is 7.12. The van der Waals surface area contributed by atoms with Crippen LogP contribution in [0.15, 0.2) is 30.6 Å². The third kappa shape index (κ3) is 4.54. The maximum absolute atomic E-state index is 12.8. The number of ether oxygens (including phenoxy) is 1. The van der Waals surface area contributed by atoms with E-state index < -0.39 is 0 Å². The number of Topliss-reactive ketones (excluding diaryl/α,β-unsaturated/α-hetero) is 1. The molecule has 3 heterocycles. The van der Waals surface area contributed by atoms with Crippen LogP contribution in [-0.2, 0) is 13.6 Å². The van der Waals surface area contributed by atoms with E-state index in [9.17, 15) is 9.59 Å². The fourth-order valence-electron chi connectivity index (χ4n) is 3.36. The molecule has 1 saturated heterocycles. The first kappa shape index (κ1) is 19.1. The number of carbonyl (C=O) groups excluding carboxylic acids is 2. The number of methoxy groups -OCH3 is 1. The third-order valence-corrected chi connectivity index (χ3v) is 4.97. The Balaban J connectivity index is 1.63. The van der Waals surface area contributed by atoms with Gasteiger partial charge in [0.05, 0.1) is 7.11 Å². The molecular formula is C20H26N4O3. The predicted molar refractivity (Wildman–Crippen MR) is 102 cm³/mol. The Morgan fingerprint density at radius 1 is 1.15 bits per heavy atom. The van der Waals surface area contributed by atoms with Crippen LogP contribution in [0, 0.1) is 0 Å². The minimum absolute atomic E-state index is 0.00952. The Morgan fingerprint density at radius 3 is 2.67 bits per heavy atom. The lowest BCUT2D eigenvalue weighted by molar-refractivity contribution is 0.0760. The lowest BCUT2D eigenvalue weighted by Crippen LogP contribution is -2.35. The number of rotatable bonds is 5. The highest BCUT2D eigenvalue weighted by atomic mass is 16.5. The third-order valence-electron chi connectivity index (χ3n) is 4.97. The number of aryl methyl sites for hydroxylation is 1. The zero-order chi connectivity index (χ0) is 19.4. The zero-order valence-electron chi connectivity index (χ0n) is 16.1. The highest BCUT2D eigenvalue weighted by Gasteiger charge is 2.21. The van der Waals surface area contributed by atoms with Crippen LogP contribution in [0.25, 0.3) is 0 Å². The van der Waals surface area contributed by atoms with Gasteiger partial charge in [-0.2, -0.15) is 0 Å². The molecule has 0 N–H and O–H groups in total. The lowest BCUT2D eigenvalue weighted by Gasteiger charge is -2.22. The first-order valence-electron chi connectivity index (χ1n) is 9.16. The van der Waals surface area contributed by atoms with Gasteiger partial charge in [0.25, 0.3) is 5.91 Å². The number of carbonyl (C=O) groups is 2. The van der Waals surface area contributed by atoms with Crippen molar-refractivity contribution in [2.45, 2.75) is 19.9 Å². The van der Waals surface area contributed by atoms with Crippen LogP contribution in [0.3, 0.4) is 0 Å². The second-order valence-electron chi connectivity index (χ2n) is 6.90. The fraction of sp³-hybridized carbons (Fsp3) is 0.450. The molecule has 0 saturated carbocycles. The molecule has 27 heavy (non-hydrogen) atoms. The van der Waals surface area contributed by atoms with Gasteiger partial charge in [-0.3, -0.25) is 14.5 Å². The van der Waals surface area contributed by atoms with Crippen LogP contribution in [0.1, 0.15) is 39.8 Å². The van der Waals surface area contributed by atoms with Gasteiger partial charge >= 0.3 is 0 Å². The molecule has 144 valence electrons. The molecule has 0 radical (unpaired) electrons. The minimum atomic E-state index is 0.00952. The van der Waals surface area contributed by atoms with E-state index in [1.165, 1.54) is 0 Å². The first-order valence-corrected chi connectivity index (χ1v) is 9.16. The van der Waals surface area contributed by atoms with Crippen molar-refractivity contribution < 1.29 is 14.3 Å². The second kappa shape index (κ2) is 8.35. The molecule has 0 aromatic carbocycles. The van der Waals surface area contributed by atoms with Crippen molar-refractivity contribution >= 4 is 11.7 Å². The number of ketones is 1. The molecule has 1 fully saturated rings. The molecule has 1 aliphatic heterocycles. The number of hydrogen-bond acceptors (Lipinski definition) is 5. The van der Waals surface area contributed by atoms with E-state index in [-0.39, 0.29) is 11.7 Å². The summed E-state index contributed by atoms with van der Waals surface area (Å²) >= 11 is 0. The first-order chi connectivity index (χ1) is 13.0. The van der Waals surface area contributed by atoms with Crippen LogP contribution in [-0.4, -0.2) is 64.3 Å². The molecule has 7 heteroatoms. The summed E-state index contributed by atoms with van der Waals surface area (Å²) in [5.41, 5.74) is 2.45. The van der Waals surface area contributed by atoms with Gasteiger partial charge in [0.15, 0.2) is 5.78 Å². The number of aromatic nitrogens is 2. The van der Waals surface area contributed by atoms with Crippen molar-refractivity contribution in [3.8, 4) is 5.88 Å². The van der Waals surface area contributed by atoms with Gasteiger partial charge in [-0.25, -0.2) is 4.98 Å². The standard InChI is InChI=1S/C20H26N4O3/c1-15(25)17-11-18(22(2)13-17)14-23-7-4-8-24(10-9-23)20(26)16-5-6-21-19(12-16)27-3/h5-6,11-13H,4,7-10,14H2,1-3H3. The quantitative estimate of drug-likeness (QED) is 0.753. The Bertz CT molecular complexity index is 830. The van der Waals surface area contributed by atoms with Gasteiger partial charge in [0, 0.05) is 75.1 Å². The maximum atomic E-state index is 12.8. The summed E-state index contributed by atoms with van der Waals surface area (Å²) in [6.07, 6.45) is 4.39. The summed E-state index contributed by atoms with van der Waals surface area (Å²) in [5.74, 6) is 0.537. The molecule has 2 aromatic rings. The van der Waals surface area contributed by atoms with Gasteiger partial charge in [-0.1, -0.05) is 0 Å². The van der Waals surface area contributed by atoms with Gasteiger partial charge < -0.3 is 14.2 Å². The van der Waals surface area contributed by atoms with E-state index in [1.54, 1.807) is 32.4 Å². The summed E-state index contributed by atoms with van der Waals surface area (Å²) in [6.45, 7) is 5.48. The topological polar surface area (TPSA) is 67.7 Å². The fourth-order valence-corrected chi connectivity index (χ4v) is 3.36. The Labute approximate surface area is 159 Å². The maximum Gasteiger partial charge on any atom is 0.254 e. The van der Waals surface area contributed by atoms with Crippen molar-refractivity contribution in [2.24, 2.45) is 7.05 Å². The van der Waals surface area contributed by atoms with Crippen molar-refractivity contribution in [3.05, 3.63) is 47.4 Å². The van der Waals surface area contributed by atoms with Crippen LogP contribution >= 0.6 is 0 Å². The van der Waals surface area contributed by atoms with Crippen molar-refractivity contribution in [3.63, 3.8) is 0 Å². The van der Waals surface area contributed by atoms with E-state index in [4.69, 9.17) is 4.74 Å². The second-order valence-corrected chi connectivity index (χ2v) is 6.90. The summed E-state index contributed by atoms with van der Waals surface area (Å²) in [7, 11) is 3.51. The number of hydrogen-bond donors (Lipinski definition) is 0. The smallest absolute Gasteiger partial charge is 0.254 e. The Kier molecular flexibility index (Phi) is 5.91. The average molecular weight is 370 g/mol. The molecule has 0 atom stereocenters. The summed E-state index contributed by atoms with van der Waals surface area (Å²) in [5, 5.41) is 0. The average Bonchev–Trinajstić information content (AvgIpc) is 2.89. The van der Waals surface area contributed by atoms with E-state index in [1.807, 2.05) is 28.8 Å². The van der Waals surface area contributed by atoms with Crippen molar-refractivity contribution in [1.29, 1.82) is 0 Å². The Hall–Kier alpha value is -2.67. The number of pyridine rings is 1. The van der Waals surface area contributed by atoms with Gasteiger partial charge in [-0.15, -0.1) is 0 Å². The van der Waals surface area contributed by atoms with E-state index in [0.717, 1.165) is 43.9 Å². The minimum Gasteiger partial charge on any atom is -0.481 e. The van der Waals surface area contributed by atoms with Crippen molar-refractivity contribution in [1.82, 2.24) is 19.4 Å². The summed E-state index contributed by atoms with van der Waals surface area (Å²) in [4.78, 5) is 32.7. The molecule has 0 aliphatic carbocycles. The predicted octanol–water partition coefficient (Wildman–Crippen LogP) is 1.98. The molecule has 3 rings (SSSR count). The molecule has 1 aliphatic rings. The van der Waals surface area contributed by atoms with Crippen LogP contribution in [0.5, 0.6) is 5.88 Å². The molecule has 2 aromatic heterocycles. The van der Waals surface area contributed by atoms with E-state index in [0.29, 0.717) is 18.0 Å². The molecule has 0 spiro atoms.